The van der Waals surface area contributed by atoms with Crippen LogP contribution in [0, 0.1) is 0 Å². The van der Waals surface area contributed by atoms with E-state index in [4.69, 9.17) is 19.9 Å². The summed E-state index contributed by atoms with van der Waals surface area (Å²) in [6.45, 7) is 4.99. The molecule has 1 aromatic carbocycles. The Hall–Kier alpha value is -1.75. The Labute approximate surface area is 113 Å². The van der Waals surface area contributed by atoms with E-state index in [0.717, 1.165) is 0 Å². The number of hydrogen-bond donors (Lipinski definition) is 1. The number of nitrogens with two attached hydrogens (primary N) is 1. The Bertz CT molecular complexity index is 395. The summed E-state index contributed by atoms with van der Waals surface area (Å²) >= 11 is 0. The first-order valence-corrected chi connectivity index (χ1v) is 6.37. The highest BCUT2D eigenvalue weighted by atomic mass is 16.6. The topological polar surface area (TPSA) is 70.8 Å². The van der Waals surface area contributed by atoms with Crippen LogP contribution < -0.4 is 10.5 Å². The number of esters is 1. The van der Waals surface area contributed by atoms with Gasteiger partial charge in [0.2, 0.25) is 0 Å². The number of carbonyl (C=O) groups is 1. The molecule has 0 amide bonds. The Morgan fingerprint density at radius 1 is 1.42 bits per heavy atom. The monoisotopic (exact) mass is 267 g/mol. The lowest BCUT2D eigenvalue weighted by Crippen LogP contribution is -2.21. The second-order valence-electron chi connectivity index (χ2n) is 4.13. The Morgan fingerprint density at radius 3 is 2.89 bits per heavy atom. The molecule has 5 heteroatoms. The van der Waals surface area contributed by atoms with Crippen molar-refractivity contribution < 1.29 is 19.0 Å². The van der Waals surface area contributed by atoms with Gasteiger partial charge in [-0.1, -0.05) is 6.07 Å². The molecule has 0 saturated heterocycles. The number of benzene rings is 1. The summed E-state index contributed by atoms with van der Waals surface area (Å²) in [5.41, 5.74) is 6.25. The van der Waals surface area contributed by atoms with Crippen LogP contribution in [0.3, 0.4) is 0 Å². The van der Waals surface area contributed by atoms with Gasteiger partial charge in [0.15, 0.2) is 0 Å². The minimum atomic E-state index is -0.295. The number of anilines is 1. The van der Waals surface area contributed by atoms with Crippen LogP contribution in [-0.2, 0) is 14.3 Å². The predicted octanol–water partition coefficient (Wildman–Crippen LogP) is 2.01. The Kier molecular flexibility index (Phi) is 6.74. The molecule has 0 bridgehead atoms. The zero-order valence-corrected chi connectivity index (χ0v) is 11.4. The van der Waals surface area contributed by atoms with Gasteiger partial charge in [0, 0.05) is 18.4 Å². The number of hydrogen-bond acceptors (Lipinski definition) is 5. The van der Waals surface area contributed by atoms with Crippen molar-refractivity contribution in [1.82, 2.24) is 0 Å². The number of rotatable bonds is 8. The fraction of sp³-hybridized carbons (Fsp3) is 0.500. The molecule has 0 aromatic heterocycles. The fourth-order valence-electron chi connectivity index (χ4n) is 1.46. The van der Waals surface area contributed by atoms with Crippen LogP contribution in [0.15, 0.2) is 24.3 Å². The van der Waals surface area contributed by atoms with Gasteiger partial charge in [0.25, 0.3) is 0 Å². The Balaban J connectivity index is 2.20. The van der Waals surface area contributed by atoms with Crippen LogP contribution in [0.2, 0.25) is 0 Å². The van der Waals surface area contributed by atoms with Crippen molar-refractivity contribution in [3.05, 3.63) is 24.3 Å². The van der Waals surface area contributed by atoms with Crippen LogP contribution in [-0.4, -0.2) is 31.9 Å². The lowest BCUT2D eigenvalue weighted by molar-refractivity contribution is -0.151. The summed E-state index contributed by atoms with van der Waals surface area (Å²) in [5, 5.41) is 0. The number of carbonyl (C=O) groups excluding carboxylic acids is 1. The summed E-state index contributed by atoms with van der Waals surface area (Å²) in [7, 11) is 0. The highest BCUT2D eigenvalue weighted by Crippen LogP contribution is 2.14. The quantitative estimate of drug-likeness (QED) is 0.576. The molecule has 5 nitrogen and oxygen atoms in total. The molecule has 0 spiro atoms. The molecule has 0 radical (unpaired) electrons. The van der Waals surface area contributed by atoms with Crippen LogP contribution in [0.1, 0.15) is 20.3 Å². The molecule has 1 unspecified atom stereocenters. The van der Waals surface area contributed by atoms with Crippen molar-refractivity contribution in [1.29, 1.82) is 0 Å². The molecule has 0 aliphatic carbocycles. The molecule has 0 saturated carbocycles. The maximum Gasteiger partial charge on any atom is 0.309 e. The molecule has 1 atom stereocenters. The summed E-state index contributed by atoms with van der Waals surface area (Å²) in [5.74, 6) is 0.353. The van der Waals surface area contributed by atoms with Gasteiger partial charge in [0.05, 0.1) is 19.6 Å². The van der Waals surface area contributed by atoms with Crippen LogP contribution in [0.25, 0.3) is 0 Å². The molecule has 19 heavy (non-hydrogen) atoms. The smallest absolute Gasteiger partial charge is 0.309 e. The van der Waals surface area contributed by atoms with Crippen molar-refractivity contribution >= 4 is 11.7 Å². The summed E-state index contributed by atoms with van der Waals surface area (Å²) in [4.78, 5) is 11.5. The highest BCUT2D eigenvalue weighted by Gasteiger charge is 2.09. The van der Waals surface area contributed by atoms with E-state index in [0.29, 0.717) is 24.7 Å². The highest BCUT2D eigenvalue weighted by molar-refractivity contribution is 5.69. The standard InChI is InChI=1S/C14H21NO4/c1-3-17-10-11(2)19-14(16)7-8-18-13-6-4-5-12(15)9-13/h4-6,9,11H,3,7-8,10,15H2,1-2H3. The zero-order chi connectivity index (χ0) is 14.1. The van der Waals surface area contributed by atoms with Crippen molar-refractivity contribution in [3.63, 3.8) is 0 Å². The second-order valence-corrected chi connectivity index (χ2v) is 4.13. The fourth-order valence-corrected chi connectivity index (χ4v) is 1.46. The van der Waals surface area contributed by atoms with E-state index in [1.165, 1.54) is 0 Å². The van der Waals surface area contributed by atoms with E-state index in [1.54, 1.807) is 31.2 Å². The van der Waals surface area contributed by atoms with Crippen molar-refractivity contribution in [2.75, 3.05) is 25.6 Å². The van der Waals surface area contributed by atoms with Gasteiger partial charge in [-0.3, -0.25) is 4.79 Å². The van der Waals surface area contributed by atoms with Gasteiger partial charge in [-0.15, -0.1) is 0 Å². The molecular weight excluding hydrogens is 246 g/mol. The molecule has 1 aromatic rings. The molecule has 2 N–H and O–H groups in total. The largest absolute Gasteiger partial charge is 0.493 e. The number of ether oxygens (including phenoxy) is 3. The normalized spacial score (nSPS) is 11.9. The van der Waals surface area contributed by atoms with Gasteiger partial charge in [-0.2, -0.15) is 0 Å². The van der Waals surface area contributed by atoms with Crippen LogP contribution >= 0.6 is 0 Å². The third-order valence-electron chi connectivity index (χ3n) is 2.32. The van der Waals surface area contributed by atoms with Crippen molar-refractivity contribution in [3.8, 4) is 5.75 Å². The summed E-state index contributed by atoms with van der Waals surface area (Å²) in [6.07, 6.45) is -0.0366. The predicted molar refractivity (Wildman–Crippen MR) is 73.0 cm³/mol. The minimum absolute atomic E-state index is 0.200. The maximum absolute atomic E-state index is 11.5. The van der Waals surface area contributed by atoms with E-state index in [-0.39, 0.29) is 25.1 Å². The van der Waals surface area contributed by atoms with Gasteiger partial charge in [-0.05, 0) is 26.0 Å². The van der Waals surface area contributed by atoms with E-state index < -0.39 is 0 Å². The van der Waals surface area contributed by atoms with E-state index >= 15 is 0 Å². The molecule has 106 valence electrons. The zero-order valence-electron chi connectivity index (χ0n) is 11.4. The third-order valence-corrected chi connectivity index (χ3v) is 2.32. The molecule has 0 heterocycles. The summed E-state index contributed by atoms with van der Waals surface area (Å²) in [6, 6.07) is 7.08. The SMILES string of the molecule is CCOCC(C)OC(=O)CCOc1cccc(N)c1. The first-order valence-electron chi connectivity index (χ1n) is 6.37. The van der Waals surface area contributed by atoms with Crippen LogP contribution in [0.5, 0.6) is 5.75 Å². The second kappa shape index (κ2) is 8.37. The molecule has 1 rings (SSSR count). The van der Waals surface area contributed by atoms with E-state index in [1.807, 2.05) is 6.92 Å². The van der Waals surface area contributed by atoms with Crippen molar-refractivity contribution in [2.24, 2.45) is 0 Å². The average Bonchev–Trinajstić information content (AvgIpc) is 2.36. The van der Waals surface area contributed by atoms with E-state index in [9.17, 15) is 4.79 Å². The molecule has 0 aliphatic heterocycles. The van der Waals surface area contributed by atoms with Gasteiger partial charge in [-0.25, -0.2) is 0 Å². The Morgan fingerprint density at radius 2 is 2.21 bits per heavy atom. The van der Waals surface area contributed by atoms with Crippen LogP contribution in [0.4, 0.5) is 5.69 Å². The summed E-state index contributed by atoms with van der Waals surface area (Å²) < 4.78 is 15.7. The molecular formula is C14H21NO4. The lowest BCUT2D eigenvalue weighted by atomic mass is 10.3. The van der Waals surface area contributed by atoms with Gasteiger partial charge < -0.3 is 19.9 Å². The first-order chi connectivity index (χ1) is 9.11. The lowest BCUT2D eigenvalue weighted by Gasteiger charge is -2.13. The molecule has 0 aliphatic rings. The minimum Gasteiger partial charge on any atom is -0.493 e. The van der Waals surface area contributed by atoms with E-state index in [2.05, 4.69) is 0 Å². The van der Waals surface area contributed by atoms with Gasteiger partial charge in [0.1, 0.15) is 11.9 Å². The van der Waals surface area contributed by atoms with Crippen molar-refractivity contribution in [2.45, 2.75) is 26.4 Å². The third kappa shape index (κ3) is 6.67. The first kappa shape index (κ1) is 15.3. The molecule has 0 fully saturated rings. The number of nitrogen functional groups attached to an aromatic ring is 1. The maximum atomic E-state index is 11.5. The van der Waals surface area contributed by atoms with Gasteiger partial charge >= 0.3 is 5.97 Å². The average molecular weight is 267 g/mol.